The summed E-state index contributed by atoms with van der Waals surface area (Å²) in [4.78, 5) is 6.46. The average molecular weight is 332 g/mol. The molecule has 1 aliphatic rings. The predicted octanol–water partition coefficient (Wildman–Crippen LogP) is 3.39. The van der Waals surface area contributed by atoms with Crippen molar-refractivity contribution in [2.45, 2.75) is 13.1 Å². The van der Waals surface area contributed by atoms with Crippen LogP contribution in [0.15, 0.2) is 24.3 Å². The fourth-order valence-corrected chi connectivity index (χ4v) is 2.68. The van der Waals surface area contributed by atoms with Gasteiger partial charge in [0.05, 0.1) is 11.1 Å². The number of rotatable bonds is 1. The van der Waals surface area contributed by atoms with Crippen molar-refractivity contribution in [3.05, 3.63) is 35.5 Å². The molecule has 0 radical (unpaired) electrons. The molecule has 1 aromatic carbocycles. The first-order valence-electron chi connectivity index (χ1n) is 6.89. The summed E-state index contributed by atoms with van der Waals surface area (Å²) in [5.74, 6) is 0. The number of pyridine rings is 1. The molecule has 3 nitrogen and oxygen atoms in total. The summed E-state index contributed by atoms with van der Waals surface area (Å²) in [7, 11) is 0. The van der Waals surface area contributed by atoms with Gasteiger partial charge in [0.15, 0.2) is 0 Å². The second kappa shape index (κ2) is 6.30. The molecule has 1 aromatic heterocycles. The van der Waals surface area contributed by atoms with Crippen LogP contribution in [-0.2, 0) is 6.18 Å². The average Bonchev–Trinajstić information content (AvgIpc) is 2.46. The van der Waals surface area contributed by atoms with Crippen molar-refractivity contribution in [3.8, 4) is 0 Å². The van der Waals surface area contributed by atoms with Crippen molar-refractivity contribution in [3.63, 3.8) is 0 Å². The molecule has 2 aromatic rings. The zero-order valence-corrected chi connectivity index (χ0v) is 12.9. The van der Waals surface area contributed by atoms with Crippen LogP contribution in [-0.4, -0.2) is 31.2 Å². The fourth-order valence-electron chi connectivity index (χ4n) is 2.68. The number of aromatic nitrogens is 1. The highest BCUT2D eigenvalue weighted by molar-refractivity contribution is 5.92. The van der Waals surface area contributed by atoms with E-state index in [1.54, 1.807) is 0 Å². The lowest BCUT2D eigenvalue weighted by Crippen LogP contribution is -2.43. The number of anilines is 1. The lowest BCUT2D eigenvalue weighted by Gasteiger charge is -2.30. The van der Waals surface area contributed by atoms with E-state index in [9.17, 15) is 13.2 Å². The second-order valence-corrected chi connectivity index (χ2v) is 5.25. The van der Waals surface area contributed by atoms with Crippen molar-refractivity contribution in [1.82, 2.24) is 10.3 Å². The molecule has 120 valence electrons. The monoisotopic (exact) mass is 331 g/mol. The van der Waals surface area contributed by atoms with Crippen LogP contribution in [0.25, 0.3) is 10.9 Å². The van der Waals surface area contributed by atoms with Gasteiger partial charge in [0.1, 0.15) is 0 Å². The first-order valence-corrected chi connectivity index (χ1v) is 6.89. The molecule has 1 saturated heterocycles. The molecule has 0 unspecified atom stereocenters. The molecule has 0 spiro atoms. The lowest BCUT2D eigenvalue weighted by atomic mass is 10.1. The molecule has 7 heteroatoms. The maximum atomic E-state index is 12.9. The van der Waals surface area contributed by atoms with Crippen LogP contribution in [0.1, 0.15) is 11.3 Å². The Balaban J connectivity index is 0.00000176. The summed E-state index contributed by atoms with van der Waals surface area (Å²) in [6, 6.07) is 5.63. The normalized spacial score (nSPS) is 15.7. The van der Waals surface area contributed by atoms with Crippen molar-refractivity contribution in [1.29, 1.82) is 0 Å². The summed E-state index contributed by atoms with van der Waals surface area (Å²) in [5, 5.41) is 3.81. The van der Waals surface area contributed by atoms with E-state index in [0.29, 0.717) is 10.9 Å². The molecule has 1 fully saturated rings. The Bertz CT molecular complexity index is 667. The molecule has 0 bridgehead atoms. The first kappa shape index (κ1) is 16.8. The van der Waals surface area contributed by atoms with Gasteiger partial charge in [0.2, 0.25) is 0 Å². The number of halogens is 4. The molecule has 0 aliphatic carbocycles. The van der Waals surface area contributed by atoms with Crippen LogP contribution >= 0.6 is 12.4 Å². The third kappa shape index (κ3) is 3.28. The van der Waals surface area contributed by atoms with Gasteiger partial charge in [-0.1, -0.05) is 0 Å². The minimum Gasteiger partial charge on any atom is -0.368 e. The maximum absolute atomic E-state index is 12.9. The fraction of sp³-hybridized carbons (Fsp3) is 0.400. The molecular formula is C15H17ClF3N3. The minimum atomic E-state index is -4.33. The Morgan fingerprint density at radius 3 is 2.45 bits per heavy atom. The van der Waals surface area contributed by atoms with Gasteiger partial charge in [-0.05, 0) is 31.2 Å². The first-order chi connectivity index (χ1) is 9.95. The van der Waals surface area contributed by atoms with E-state index in [2.05, 4.69) is 15.2 Å². The van der Waals surface area contributed by atoms with E-state index in [1.807, 2.05) is 13.0 Å². The van der Waals surface area contributed by atoms with Crippen molar-refractivity contribution in [2.24, 2.45) is 0 Å². The van der Waals surface area contributed by atoms with Gasteiger partial charge in [-0.3, -0.25) is 4.98 Å². The number of hydrogen-bond donors (Lipinski definition) is 1. The highest BCUT2D eigenvalue weighted by Gasteiger charge is 2.31. The van der Waals surface area contributed by atoms with E-state index in [0.717, 1.165) is 43.6 Å². The molecule has 2 heterocycles. The van der Waals surface area contributed by atoms with Crippen molar-refractivity contribution >= 4 is 29.0 Å². The van der Waals surface area contributed by atoms with E-state index >= 15 is 0 Å². The smallest absolute Gasteiger partial charge is 0.368 e. The minimum absolute atomic E-state index is 0. The quantitative estimate of drug-likeness (QED) is 0.868. The highest BCUT2D eigenvalue weighted by Crippen LogP contribution is 2.34. The molecule has 0 amide bonds. The Labute approximate surface area is 132 Å². The topological polar surface area (TPSA) is 28.2 Å². The molecule has 0 atom stereocenters. The van der Waals surface area contributed by atoms with Gasteiger partial charge in [0.25, 0.3) is 0 Å². The number of nitrogens with zero attached hydrogens (tertiary/aromatic N) is 2. The zero-order valence-electron chi connectivity index (χ0n) is 12.1. The summed E-state index contributed by atoms with van der Waals surface area (Å²) >= 11 is 0. The summed E-state index contributed by atoms with van der Waals surface area (Å²) in [5.41, 5.74) is 1.63. The van der Waals surface area contributed by atoms with Gasteiger partial charge in [-0.15, -0.1) is 12.4 Å². The lowest BCUT2D eigenvalue weighted by molar-refractivity contribution is -0.137. The molecule has 3 rings (SSSR count). The largest absolute Gasteiger partial charge is 0.416 e. The zero-order chi connectivity index (χ0) is 15.0. The summed E-state index contributed by atoms with van der Waals surface area (Å²) < 4.78 is 38.8. The van der Waals surface area contributed by atoms with E-state index in [1.165, 1.54) is 12.1 Å². The van der Waals surface area contributed by atoms with Crippen LogP contribution in [0.5, 0.6) is 0 Å². The van der Waals surface area contributed by atoms with Crippen molar-refractivity contribution < 1.29 is 13.2 Å². The number of piperazine rings is 1. The number of alkyl halides is 3. The highest BCUT2D eigenvalue weighted by atomic mass is 35.5. The Kier molecular flexibility index (Phi) is 4.82. The van der Waals surface area contributed by atoms with Crippen LogP contribution in [0.3, 0.4) is 0 Å². The van der Waals surface area contributed by atoms with Crippen LogP contribution in [0, 0.1) is 6.92 Å². The second-order valence-electron chi connectivity index (χ2n) is 5.25. The molecule has 1 aliphatic heterocycles. The molecular weight excluding hydrogens is 315 g/mol. The van der Waals surface area contributed by atoms with E-state index in [-0.39, 0.29) is 12.4 Å². The van der Waals surface area contributed by atoms with E-state index in [4.69, 9.17) is 0 Å². The van der Waals surface area contributed by atoms with Gasteiger partial charge >= 0.3 is 6.18 Å². The SMILES string of the molecule is Cc1cc(N2CCNCC2)c2cc(C(F)(F)F)ccc2n1.Cl. The van der Waals surface area contributed by atoms with Gasteiger partial charge < -0.3 is 10.2 Å². The third-order valence-corrected chi connectivity index (χ3v) is 3.70. The number of fused-ring (bicyclic) bond motifs is 1. The number of nitrogens with one attached hydrogen (secondary N) is 1. The van der Waals surface area contributed by atoms with E-state index < -0.39 is 11.7 Å². The predicted molar refractivity (Wildman–Crippen MR) is 83.8 cm³/mol. The Morgan fingerprint density at radius 2 is 1.82 bits per heavy atom. The summed E-state index contributed by atoms with van der Waals surface area (Å²) in [6.07, 6.45) is -4.33. The van der Waals surface area contributed by atoms with Crippen molar-refractivity contribution in [2.75, 3.05) is 31.1 Å². The Hall–Kier alpha value is -1.53. The number of hydrogen-bond acceptors (Lipinski definition) is 3. The van der Waals surface area contributed by atoms with Crippen LogP contribution in [0.2, 0.25) is 0 Å². The van der Waals surface area contributed by atoms with Gasteiger partial charge in [-0.25, -0.2) is 0 Å². The third-order valence-electron chi connectivity index (χ3n) is 3.70. The van der Waals surface area contributed by atoms with Gasteiger partial charge in [-0.2, -0.15) is 13.2 Å². The number of aryl methyl sites for hydroxylation is 1. The number of benzene rings is 1. The van der Waals surface area contributed by atoms with Crippen LogP contribution < -0.4 is 10.2 Å². The standard InChI is InChI=1S/C15H16F3N3.ClH/c1-10-8-14(21-6-4-19-5-7-21)12-9-11(15(16,17)18)2-3-13(12)20-10;/h2-3,8-9,19H,4-7H2,1H3;1H. The Morgan fingerprint density at radius 1 is 1.14 bits per heavy atom. The van der Waals surface area contributed by atoms with Crippen LogP contribution in [0.4, 0.5) is 18.9 Å². The summed E-state index contributed by atoms with van der Waals surface area (Å²) in [6.45, 7) is 5.11. The molecule has 0 saturated carbocycles. The maximum Gasteiger partial charge on any atom is 0.416 e. The molecule has 22 heavy (non-hydrogen) atoms. The molecule has 1 N–H and O–H groups in total. The van der Waals surface area contributed by atoms with Gasteiger partial charge in [0, 0.05) is 42.9 Å².